The van der Waals surface area contributed by atoms with Crippen LogP contribution in [0.15, 0.2) is 60.7 Å². The van der Waals surface area contributed by atoms with E-state index in [0.29, 0.717) is 17.7 Å². The highest BCUT2D eigenvalue weighted by Gasteiger charge is 2.53. The van der Waals surface area contributed by atoms with Crippen molar-refractivity contribution in [1.82, 2.24) is 4.90 Å². The van der Waals surface area contributed by atoms with Crippen molar-refractivity contribution in [3.05, 3.63) is 71.8 Å². The summed E-state index contributed by atoms with van der Waals surface area (Å²) < 4.78 is 37.4. The van der Waals surface area contributed by atoms with Gasteiger partial charge in [-0.15, -0.1) is 0 Å². The number of esters is 2. The molecular weight excluding hydrogens is 759 g/mol. The molecule has 2 heterocycles. The van der Waals surface area contributed by atoms with E-state index in [1.165, 1.54) is 20.8 Å². The van der Waals surface area contributed by atoms with Gasteiger partial charge >= 0.3 is 11.9 Å². The van der Waals surface area contributed by atoms with Crippen LogP contribution in [0.2, 0.25) is 0 Å². The molecule has 0 aromatic heterocycles. The van der Waals surface area contributed by atoms with Crippen molar-refractivity contribution in [3.8, 4) is 5.75 Å². The Morgan fingerprint density at radius 1 is 0.949 bits per heavy atom. The predicted molar refractivity (Wildman–Crippen MR) is 221 cm³/mol. The van der Waals surface area contributed by atoms with Crippen molar-refractivity contribution in [2.24, 2.45) is 23.7 Å². The standard InChI is InChI=1S/C46H65NO12/c1-12-36-46(8,53)40(50)29(4)37(48)27(2)26-45(7,55-24-16-17-32-20-22-34(54-11)23-21-32)41(30(5)38(49)31(6)42(51)57-36)59-44-39(35(47(9)10)25-28(3)56-44)58-43(52)33-18-14-13-15-19-33/h13-23,27-31,35-36,39-41,44,50,53H,12,24-26H2,1-11H3/b17-16+/t27-,28-,29+,30+,31-,35+,36-,39-,40-,41-,44+,45-,46-/m1/s1. The number of benzene rings is 2. The molecule has 2 aliphatic rings. The first-order valence-corrected chi connectivity index (χ1v) is 20.6. The Morgan fingerprint density at radius 3 is 2.19 bits per heavy atom. The fourth-order valence-corrected chi connectivity index (χ4v) is 8.39. The number of carbonyl (C=O) groups is 4. The van der Waals surface area contributed by atoms with Gasteiger partial charge < -0.3 is 43.5 Å². The van der Waals surface area contributed by atoms with Crippen LogP contribution in [0, 0.1) is 23.7 Å². The van der Waals surface area contributed by atoms with E-state index in [4.69, 9.17) is 28.4 Å². The number of methoxy groups -OCH3 is 1. The van der Waals surface area contributed by atoms with E-state index in [-0.39, 0.29) is 37.4 Å². The van der Waals surface area contributed by atoms with E-state index in [1.54, 1.807) is 71.2 Å². The first kappa shape index (κ1) is 47.7. The van der Waals surface area contributed by atoms with Crippen molar-refractivity contribution in [2.75, 3.05) is 27.8 Å². The molecule has 13 atom stereocenters. The summed E-state index contributed by atoms with van der Waals surface area (Å²) in [7, 11) is 5.33. The summed E-state index contributed by atoms with van der Waals surface area (Å²) in [6, 6.07) is 15.6. The van der Waals surface area contributed by atoms with Crippen LogP contribution in [-0.4, -0.2) is 120 Å². The number of Topliss-reactive ketones (excluding diaryl/α,β-unsaturated/α-hetero) is 2. The topological polar surface area (TPSA) is 167 Å². The van der Waals surface area contributed by atoms with Crippen LogP contribution in [0.1, 0.15) is 90.6 Å². The molecule has 0 radical (unpaired) electrons. The average molecular weight is 824 g/mol. The number of hydrogen-bond donors (Lipinski definition) is 2. The number of hydrogen-bond acceptors (Lipinski definition) is 13. The van der Waals surface area contributed by atoms with Crippen molar-refractivity contribution in [1.29, 1.82) is 0 Å². The largest absolute Gasteiger partial charge is 0.497 e. The Hall–Kier alpha value is -3.98. The molecule has 13 nitrogen and oxygen atoms in total. The predicted octanol–water partition coefficient (Wildman–Crippen LogP) is 5.68. The van der Waals surface area contributed by atoms with Gasteiger partial charge in [-0.1, -0.05) is 70.2 Å². The number of carbonyl (C=O) groups excluding carboxylic acids is 4. The number of ether oxygens (including phenoxy) is 6. The third kappa shape index (κ3) is 11.4. The smallest absolute Gasteiger partial charge is 0.338 e. The highest BCUT2D eigenvalue weighted by molar-refractivity contribution is 6.00. The zero-order valence-electron chi connectivity index (χ0n) is 36.5. The molecule has 326 valence electrons. The second-order valence-corrected chi connectivity index (χ2v) is 16.9. The molecule has 2 aromatic rings. The molecule has 2 aromatic carbocycles. The van der Waals surface area contributed by atoms with Gasteiger partial charge in [-0.05, 0) is 90.9 Å². The lowest BCUT2D eigenvalue weighted by molar-refractivity contribution is -0.296. The average Bonchev–Trinajstić information content (AvgIpc) is 3.22. The van der Waals surface area contributed by atoms with Crippen molar-refractivity contribution >= 4 is 29.6 Å². The van der Waals surface area contributed by atoms with Gasteiger partial charge in [0.05, 0.1) is 49.2 Å². The Morgan fingerprint density at radius 2 is 1.59 bits per heavy atom. The molecule has 59 heavy (non-hydrogen) atoms. The molecule has 0 unspecified atom stereocenters. The Kier molecular flexibility index (Phi) is 16.6. The molecule has 2 aliphatic heterocycles. The van der Waals surface area contributed by atoms with Gasteiger partial charge in [0.1, 0.15) is 29.2 Å². The summed E-state index contributed by atoms with van der Waals surface area (Å²) >= 11 is 0. The van der Waals surface area contributed by atoms with Gasteiger partial charge in [-0.3, -0.25) is 14.4 Å². The zero-order valence-corrected chi connectivity index (χ0v) is 36.5. The number of aliphatic hydroxyl groups excluding tert-OH is 1. The maximum atomic E-state index is 14.6. The van der Waals surface area contributed by atoms with Crippen LogP contribution in [-0.2, 0) is 38.1 Å². The van der Waals surface area contributed by atoms with Gasteiger partial charge in [-0.2, -0.15) is 0 Å². The molecule has 0 amide bonds. The molecular formula is C46H65NO12. The third-order valence-electron chi connectivity index (χ3n) is 12.0. The molecule has 0 aliphatic carbocycles. The lowest BCUT2D eigenvalue weighted by Gasteiger charge is -2.48. The number of aliphatic hydroxyl groups is 2. The SMILES string of the molecule is CC[C@H]1OC(=O)[C@H](C)C(=O)[C@H](C)[C@@H](O[C@@H]2O[C@H](C)C[C@H](N(C)C)[C@H]2OC(=O)c2ccccc2)[C@](C)(OC/C=C/c2ccc(OC)cc2)C[C@@H](C)C(=O)[C@H](C)[C@@H](O)[C@]1(C)O. The van der Waals surface area contributed by atoms with E-state index in [0.717, 1.165) is 5.56 Å². The van der Waals surface area contributed by atoms with Crippen LogP contribution in [0.5, 0.6) is 5.75 Å². The fraction of sp³-hybridized carbons (Fsp3) is 0.609. The number of nitrogens with zero attached hydrogens (tertiary/aromatic N) is 1. The molecule has 0 spiro atoms. The minimum absolute atomic E-state index is 0.00636. The number of cyclic esters (lactones) is 1. The second kappa shape index (κ2) is 20.5. The van der Waals surface area contributed by atoms with Crippen LogP contribution >= 0.6 is 0 Å². The van der Waals surface area contributed by atoms with Gasteiger partial charge in [0.15, 0.2) is 18.2 Å². The van der Waals surface area contributed by atoms with Gasteiger partial charge in [0.2, 0.25) is 0 Å². The van der Waals surface area contributed by atoms with E-state index < -0.39 is 83.3 Å². The Labute approximate surface area is 349 Å². The Bertz CT molecular complexity index is 1750. The highest BCUT2D eigenvalue weighted by Crippen LogP contribution is 2.39. The molecule has 4 rings (SSSR count). The lowest BCUT2D eigenvalue weighted by atomic mass is 9.74. The monoisotopic (exact) mass is 823 g/mol. The highest BCUT2D eigenvalue weighted by atomic mass is 16.7. The van der Waals surface area contributed by atoms with Crippen LogP contribution < -0.4 is 4.74 Å². The summed E-state index contributed by atoms with van der Waals surface area (Å²) in [6.07, 6.45) is -2.33. The van der Waals surface area contributed by atoms with Crippen LogP contribution in [0.3, 0.4) is 0 Å². The second-order valence-electron chi connectivity index (χ2n) is 16.9. The molecule has 0 bridgehead atoms. The third-order valence-corrected chi connectivity index (χ3v) is 12.0. The summed E-state index contributed by atoms with van der Waals surface area (Å²) in [4.78, 5) is 58.1. The quantitative estimate of drug-likeness (QED) is 0.210. The summed E-state index contributed by atoms with van der Waals surface area (Å²) in [5, 5.41) is 23.0. The summed E-state index contributed by atoms with van der Waals surface area (Å²) in [5.41, 5.74) is -2.26. The minimum atomic E-state index is -2.01. The van der Waals surface area contributed by atoms with E-state index in [9.17, 15) is 29.4 Å². The van der Waals surface area contributed by atoms with Crippen molar-refractivity contribution < 1.29 is 57.8 Å². The maximum absolute atomic E-state index is 14.6. The molecule has 2 fully saturated rings. The van der Waals surface area contributed by atoms with E-state index in [2.05, 4.69) is 0 Å². The first-order valence-electron chi connectivity index (χ1n) is 20.6. The zero-order chi connectivity index (χ0) is 43.8. The van der Waals surface area contributed by atoms with E-state index in [1.807, 2.05) is 56.3 Å². The minimum Gasteiger partial charge on any atom is -0.497 e. The Balaban J connectivity index is 1.84. The number of rotatable bonds is 11. The molecule has 2 saturated heterocycles. The van der Waals surface area contributed by atoms with Crippen molar-refractivity contribution in [2.45, 2.75) is 129 Å². The summed E-state index contributed by atoms with van der Waals surface area (Å²) in [6.45, 7) is 12.9. The van der Waals surface area contributed by atoms with E-state index >= 15 is 0 Å². The molecule has 2 N–H and O–H groups in total. The number of likely N-dealkylation sites (N-methyl/N-ethyl adjacent to an activating group) is 1. The van der Waals surface area contributed by atoms with Gasteiger partial charge in [0, 0.05) is 17.8 Å². The van der Waals surface area contributed by atoms with Crippen LogP contribution in [0.25, 0.3) is 6.08 Å². The molecule has 13 heteroatoms. The fourth-order valence-electron chi connectivity index (χ4n) is 8.39. The molecule has 0 saturated carbocycles. The maximum Gasteiger partial charge on any atom is 0.338 e. The van der Waals surface area contributed by atoms with Crippen LogP contribution in [0.4, 0.5) is 0 Å². The van der Waals surface area contributed by atoms with Gasteiger partial charge in [0.25, 0.3) is 0 Å². The van der Waals surface area contributed by atoms with Gasteiger partial charge in [-0.25, -0.2) is 4.79 Å². The lowest BCUT2D eigenvalue weighted by Crippen LogP contribution is -2.60. The summed E-state index contributed by atoms with van der Waals surface area (Å²) in [5.74, 6) is -6.00. The normalized spacial score (nSPS) is 35.3. The first-order chi connectivity index (χ1) is 27.7. The van der Waals surface area contributed by atoms with Crippen molar-refractivity contribution in [3.63, 3.8) is 0 Å². The number of ketones is 2.